The summed E-state index contributed by atoms with van der Waals surface area (Å²) in [6, 6.07) is 10.8. The van der Waals surface area contributed by atoms with Gasteiger partial charge in [0.2, 0.25) is 0 Å². The molecule has 5 nitrogen and oxygen atoms in total. The van der Waals surface area contributed by atoms with Gasteiger partial charge >= 0.3 is 0 Å². The van der Waals surface area contributed by atoms with Crippen molar-refractivity contribution in [2.45, 2.75) is 39.3 Å². The maximum atomic E-state index is 5.70. The van der Waals surface area contributed by atoms with E-state index >= 15 is 0 Å². The number of methoxy groups -OCH3 is 2. The minimum absolute atomic E-state index is 0.310. The highest BCUT2D eigenvalue weighted by Gasteiger charge is 2.29. The molecule has 0 aliphatic carbocycles. The maximum absolute atomic E-state index is 5.70. The number of aromatic nitrogens is 2. The molecule has 0 amide bonds. The van der Waals surface area contributed by atoms with Crippen LogP contribution in [0, 0.1) is 13.8 Å². The molecule has 3 aromatic rings. The van der Waals surface area contributed by atoms with Crippen molar-refractivity contribution in [2.75, 3.05) is 20.8 Å². The number of benzene rings is 2. The zero-order valence-corrected chi connectivity index (χ0v) is 16.5. The van der Waals surface area contributed by atoms with E-state index in [2.05, 4.69) is 41.1 Å². The van der Waals surface area contributed by atoms with E-state index < -0.39 is 0 Å². The van der Waals surface area contributed by atoms with Crippen molar-refractivity contribution >= 4 is 11.0 Å². The number of imidazole rings is 1. The maximum Gasteiger partial charge on any atom is 0.129 e. The average molecular weight is 365 g/mol. The highest BCUT2D eigenvalue weighted by molar-refractivity contribution is 5.75. The number of hydrogen-bond acceptors (Lipinski definition) is 4. The van der Waals surface area contributed by atoms with Crippen molar-refractivity contribution in [1.82, 2.24) is 14.9 Å². The Morgan fingerprint density at radius 3 is 2.78 bits per heavy atom. The molecule has 1 fully saturated rings. The summed E-state index contributed by atoms with van der Waals surface area (Å²) in [5, 5.41) is 0. The standard InChI is InChI=1S/C22H27N3O2/c1-14-7-9-17-18(12-14)24-22(23-17)19-6-5-11-25(19)13-16-8-10-20(26-3)15(2)21(16)27-4/h7-10,12,19H,5-6,11,13H2,1-4H3,(H,23,24). The average Bonchev–Trinajstić information content (AvgIpc) is 3.28. The van der Waals surface area contributed by atoms with Gasteiger partial charge in [-0.3, -0.25) is 4.90 Å². The molecular formula is C22H27N3O2. The Hall–Kier alpha value is -2.53. The zero-order valence-electron chi connectivity index (χ0n) is 16.5. The zero-order chi connectivity index (χ0) is 19.0. The molecule has 0 bridgehead atoms. The van der Waals surface area contributed by atoms with Crippen LogP contribution in [-0.4, -0.2) is 35.6 Å². The number of aromatic amines is 1. The largest absolute Gasteiger partial charge is 0.496 e. The third kappa shape index (κ3) is 3.28. The molecule has 4 rings (SSSR count). The van der Waals surface area contributed by atoms with Crippen LogP contribution in [0.5, 0.6) is 11.5 Å². The van der Waals surface area contributed by atoms with E-state index in [-0.39, 0.29) is 0 Å². The molecule has 27 heavy (non-hydrogen) atoms. The highest BCUT2D eigenvalue weighted by Crippen LogP contribution is 2.37. The second-order valence-corrected chi connectivity index (χ2v) is 7.36. The minimum atomic E-state index is 0.310. The van der Waals surface area contributed by atoms with Gasteiger partial charge in [-0.15, -0.1) is 0 Å². The van der Waals surface area contributed by atoms with E-state index in [1.165, 1.54) is 17.5 Å². The first-order valence-corrected chi connectivity index (χ1v) is 9.51. The first kappa shape index (κ1) is 17.9. The summed E-state index contributed by atoms with van der Waals surface area (Å²) in [4.78, 5) is 10.9. The van der Waals surface area contributed by atoms with Crippen LogP contribution in [0.4, 0.5) is 0 Å². The monoisotopic (exact) mass is 365 g/mol. The van der Waals surface area contributed by atoms with Crippen LogP contribution in [0.2, 0.25) is 0 Å². The smallest absolute Gasteiger partial charge is 0.129 e. The summed E-state index contributed by atoms with van der Waals surface area (Å²) < 4.78 is 11.1. The van der Waals surface area contributed by atoms with Gasteiger partial charge in [-0.05, 0) is 57.0 Å². The van der Waals surface area contributed by atoms with Crippen LogP contribution in [0.15, 0.2) is 30.3 Å². The van der Waals surface area contributed by atoms with Crippen molar-refractivity contribution < 1.29 is 9.47 Å². The van der Waals surface area contributed by atoms with Crippen LogP contribution < -0.4 is 9.47 Å². The molecule has 1 saturated heterocycles. The lowest BCUT2D eigenvalue weighted by Gasteiger charge is -2.24. The van der Waals surface area contributed by atoms with Gasteiger partial charge in [0, 0.05) is 17.7 Å². The summed E-state index contributed by atoms with van der Waals surface area (Å²) in [5.74, 6) is 2.85. The van der Waals surface area contributed by atoms with E-state index in [4.69, 9.17) is 14.5 Å². The van der Waals surface area contributed by atoms with Crippen LogP contribution >= 0.6 is 0 Å². The number of hydrogen-bond donors (Lipinski definition) is 1. The molecule has 5 heteroatoms. The first-order valence-electron chi connectivity index (χ1n) is 9.51. The summed E-state index contributed by atoms with van der Waals surface area (Å²) >= 11 is 0. The Labute approximate surface area is 160 Å². The van der Waals surface area contributed by atoms with Gasteiger partial charge in [-0.1, -0.05) is 12.1 Å². The van der Waals surface area contributed by atoms with Gasteiger partial charge in [0.05, 0.1) is 31.3 Å². The molecule has 0 spiro atoms. The lowest BCUT2D eigenvalue weighted by atomic mass is 10.1. The molecule has 142 valence electrons. The van der Waals surface area contributed by atoms with Crippen molar-refractivity contribution in [1.29, 1.82) is 0 Å². The summed E-state index contributed by atoms with van der Waals surface area (Å²) in [7, 11) is 3.43. The molecule has 0 radical (unpaired) electrons. The van der Waals surface area contributed by atoms with Crippen LogP contribution in [0.3, 0.4) is 0 Å². The number of H-pyrrole nitrogens is 1. The fourth-order valence-corrected chi connectivity index (χ4v) is 4.20. The summed E-state index contributed by atoms with van der Waals surface area (Å²) in [6.07, 6.45) is 2.30. The lowest BCUT2D eigenvalue weighted by Crippen LogP contribution is -2.24. The lowest BCUT2D eigenvalue weighted by molar-refractivity contribution is 0.237. The normalized spacial score (nSPS) is 17.6. The van der Waals surface area contributed by atoms with Crippen LogP contribution in [0.1, 0.15) is 41.4 Å². The fourth-order valence-electron chi connectivity index (χ4n) is 4.20. The molecule has 1 atom stereocenters. The van der Waals surface area contributed by atoms with Crippen LogP contribution in [-0.2, 0) is 6.54 Å². The minimum Gasteiger partial charge on any atom is -0.496 e. The second kappa shape index (κ2) is 7.24. The third-order valence-electron chi connectivity index (χ3n) is 5.57. The second-order valence-electron chi connectivity index (χ2n) is 7.36. The SMILES string of the molecule is COc1ccc(CN2CCCC2c2nc3ccc(C)cc3[nH]2)c(OC)c1C. The van der Waals surface area contributed by atoms with Crippen LogP contribution in [0.25, 0.3) is 11.0 Å². The number of nitrogens with zero attached hydrogens (tertiary/aromatic N) is 2. The predicted molar refractivity (Wildman–Crippen MR) is 107 cm³/mol. The van der Waals surface area contributed by atoms with Crippen molar-refractivity contribution in [3.05, 3.63) is 52.8 Å². The van der Waals surface area contributed by atoms with Crippen molar-refractivity contribution in [3.63, 3.8) is 0 Å². The van der Waals surface area contributed by atoms with Crippen molar-refractivity contribution in [2.24, 2.45) is 0 Å². The molecule has 2 aromatic carbocycles. The summed E-state index contributed by atoms with van der Waals surface area (Å²) in [5.41, 5.74) is 5.65. The predicted octanol–water partition coefficient (Wildman–Crippen LogP) is 4.53. The quantitative estimate of drug-likeness (QED) is 0.721. The van der Waals surface area contributed by atoms with Gasteiger partial charge in [0.25, 0.3) is 0 Å². The topological polar surface area (TPSA) is 50.4 Å². The van der Waals surface area contributed by atoms with E-state index in [1.54, 1.807) is 14.2 Å². The Kier molecular flexibility index (Phi) is 4.79. The van der Waals surface area contributed by atoms with Gasteiger partial charge in [-0.2, -0.15) is 0 Å². The Balaban J connectivity index is 1.63. The molecule has 0 saturated carbocycles. The number of rotatable bonds is 5. The fraction of sp³-hybridized carbons (Fsp3) is 0.409. The van der Waals surface area contributed by atoms with Gasteiger partial charge < -0.3 is 14.5 Å². The number of fused-ring (bicyclic) bond motifs is 1. The molecule has 1 aromatic heterocycles. The number of aryl methyl sites for hydroxylation is 1. The van der Waals surface area contributed by atoms with E-state index in [9.17, 15) is 0 Å². The first-order chi connectivity index (χ1) is 13.1. The van der Waals surface area contributed by atoms with Crippen molar-refractivity contribution in [3.8, 4) is 11.5 Å². The highest BCUT2D eigenvalue weighted by atomic mass is 16.5. The Bertz CT molecular complexity index is 964. The molecule has 1 aliphatic rings. The van der Waals surface area contributed by atoms with E-state index in [0.29, 0.717) is 6.04 Å². The van der Waals surface area contributed by atoms with Gasteiger partial charge in [0.1, 0.15) is 17.3 Å². The molecule has 1 unspecified atom stereocenters. The summed E-state index contributed by atoms with van der Waals surface area (Å²) in [6.45, 7) is 6.06. The Morgan fingerprint density at radius 1 is 1.15 bits per heavy atom. The van der Waals surface area contributed by atoms with Gasteiger partial charge in [0.15, 0.2) is 0 Å². The van der Waals surface area contributed by atoms with E-state index in [1.807, 2.05) is 13.0 Å². The number of nitrogens with one attached hydrogen (secondary N) is 1. The number of likely N-dealkylation sites (tertiary alicyclic amines) is 1. The Morgan fingerprint density at radius 2 is 2.00 bits per heavy atom. The number of ether oxygens (including phenoxy) is 2. The molecule has 1 aliphatic heterocycles. The third-order valence-corrected chi connectivity index (χ3v) is 5.57. The molecule has 1 N–H and O–H groups in total. The molecular weight excluding hydrogens is 338 g/mol. The van der Waals surface area contributed by atoms with Gasteiger partial charge in [-0.25, -0.2) is 4.98 Å². The van der Waals surface area contributed by atoms with E-state index in [0.717, 1.165) is 53.4 Å². The molecule has 2 heterocycles.